The molecule has 25 heavy (non-hydrogen) atoms. The summed E-state index contributed by atoms with van der Waals surface area (Å²) in [5.74, 6) is 0.0811. The summed E-state index contributed by atoms with van der Waals surface area (Å²) in [5.41, 5.74) is 3.31. The van der Waals surface area contributed by atoms with E-state index in [1.165, 1.54) is 0 Å². The van der Waals surface area contributed by atoms with E-state index in [1.54, 1.807) is 12.4 Å². The van der Waals surface area contributed by atoms with Crippen LogP contribution in [0, 0.1) is 0 Å². The van der Waals surface area contributed by atoms with Crippen molar-refractivity contribution in [1.82, 2.24) is 10.3 Å². The number of carbonyl (C=O) groups is 1. The van der Waals surface area contributed by atoms with Crippen LogP contribution in [0.2, 0.25) is 0 Å². The van der Waals surface area contributed by atoms with Gasteiger partial charge in [-0.1, -0.05) is 66.7 Å². The zero-order valence-electron chi connectivity index (χ0n) is 14.3. The number of aromatic nitrogens is 1. The van der Waals surface area contributed by atoms with Gasteiger partial charge in [-0.3, -0.25) is 9.78 Å². The van der Waals surface area contributed by atoms with Gasteiger partial charge < -0.3 is 5.32 Å². The van der Waals surface area contributed by atoms with Crippen molar-refractivity contribution >= 4 is 5.91 Å². The summed E-state index contributed by atoms with van der Waals surface area (Å²) in [6, 6.07) is 24.2. The fraction of sp³-hybridized carbons (Fsp3) is 0.182. The summed E-state index contributed by atoms with van der Waals surface area (Å²) in [6.07, 6.45) is 3.94. The standard InChI is InChI=1S/C22H22N2O/c1-17(20-13-8-14-23-16-20)24-22(25)15-21(18-9-4-2-5-10-18)19-11-6-3-7-12-19/h2-14,16-17,21H,15H2,1H3,(H,24,25). The second kappa shape index (κ2) is 8.25. The maximum atomic E-state index is 12.7. The number of hydrogen-bond acceptors (Lipinski definition) is 2. The number of pyridine rings is 1. The Morgan fingerprint density at radius 3 is 1.96 bits per heavy atom. The fourth-order valence-electron chi connectivity index (χ4n) is 3.00. The molecule has 3 nitrogen and oxygen atoms in total. The lowest BCUT2D eigenvalue weighted by molar-refractivity contribution is -0.121. The monoisotopic (exact) mass is 330 g/mol. The minimum Gasteiger partial charge on any atom is -0.349 e. The smallest absolute Gasteiger partial charge is 0.221 e. The average molecular weight is 330 g/mol. The van der Waals surface area contributed by atoms with Gasteiger partial charge in [0.05, 0.1) is 6.04 Å². The van der Waals surface area contributed by atoms with Crippen LogP contribution in [-0.4, -0.2) is 10.9 Å². The molecule has 0 aliphatic rings. The first-order valence-electron chi connectivity index (χ1n) is 8.53. The number of amides is 1. The van der Waals surface area contributed by atoms with Crippen LogP contribution in [0.1, 0.15) is 42.0 Å². The molecule has 0 aliphatic heterocycles. The maximum Gasteiger partial charge on any atom is 0.221 e. The fourth-order valence-corrected chi connectivity index (χ4v) is 3.00. The van der Waals surface area contributed by atoms with Gasteiger partial charge >= 0.3 is 0 Å². The van der Waals surface area contributed by atoms with Crippen LogP contribution in [0.4, 0.5) is 0 Å². The lowest BCUT2D eigenvalue weighted by atomic mass is 9.88. The summed E-state index contributed by atoms with van der Waals surface area (Å²) in [7, 11) is 0. The third kappa shape index (κ3) is 4.54. The molecule has 3 aromatic rings. The Balaban J connectivity index is 1.75. The van der Waals surface area contributed by atoms with Gasteiger partial charge in [-0.15, -0.1) is 0 Å². The molecule has 0 fully saturated rings. The van der Waals surface area contributed by atoms with Crippen LogP contribution >= 0.6 is 0 Å². The number of nitrogens with zero attached hydrogens (tertiary/aromatic N) is 1. The third-order valence-electron chi connectivity index (χ3n) is 4.36. The number of benzene rings is 2. The molecule has 0 saturated heterocycles. The Morgan fingerprint density at radius 2 is 1.44 bits per heavy atom. The minimum absolute atomic E-state index is 0.0362. The zero-order chi connectivity index (χ0) is 17.5. The first-order valence-corrected chi connectivity index (χ1v) is 8.53. The molecular formula is C22H22N2O. The average Bonchev–Trinajstić information content (AvgIpc) is 2.68. The highest BCUT2D eigenvalue weighted by atomic mass is 16.1. The van der Waals surface area contributed by atoms with Crippen LogP contribution in [-0.2, 0) is 4.79 Å². The molecule has 0 spiro atoms. The van der Waals surface area contributed by atoms with E-state index in [0.29, 0.717) is 6.42 Å². The number of rotatable bonds is 6. The molecule has 126 valence electrons. The first-order chi connectivity index (χ1) is 12.2. The number of nitrogens with one attached hydrogen (secondary N) is 1. The summed E-state index contributed by atoms with van der Waals surface area (Å²) >= 11 is 0. The highest BCUT2D eigenvalue weighted by Gasteiger charge is 2.19. The Morgan fingerprint density at radius 1 is 0.880 bits per heavy atom. The van der Waals surface area contributed by atoms with E-state index >= 15 is 0 Å². The van der Waals surface area contributed by atoms with Gasteiger partial charge in [0.15, 0.2) is 0 Å². The molecule has 3 heteroatoms. The highest BCUT2D eigenvalue weighted by Crippen LogP contribution is 2.28. The normalized spacial score (nSPS) is 11.9. The van der Waals surface area contributed by atoms with Crippen molar-refractivity contribution in [3.8, 4) is 0 Å². The highest BCUT2D eigenvalue weighted by molar-refractivity contribution is 5.78. The lowest BCUT2D eigenvalue weighted by Gasteiger charge is -2.20. The largest absolute Gasteiger partial charge is 0.349 e. The van der Waals surface area contributed by atoms with Gasteiger partial charge in [0.2, 0.25) is 5.91 Å². The first kappa shape index (κ1) is 16.9. The Kier molecular flexibility index (Phi) is 5.57. The van der Waals surface area contributed by atoms with Crippen LogP contribution < -0.4 is 5.32 Å². The van der Waals surface area contributed by atoms with Gasteiger partial charge in [-0.05, 0) is 29.7 Å². The van der Waals surface area contributed by atoms with Crippen LogP contribution in [0.3, 0.4) is 0 Å². The predicted octanol–water partition coefficient (Wildman–Crippen LogP) is 4.48. The van der Waals surface area contributed by atoms with Crippen molar-refractivity contribution in [1.29, 1.82) is 0 Å². The third-order valence-corrected chi connectivity index (χ3v) is 4.36. The van der Waals surface area contributed by atoms with Gasteiger partial charge in [0.1, 0.15) is 0 Å². The summed E-state index contributed by atoms with van der Waals surface area (Å²) < 4.78 is 0. The zero-order valence-corrected chi connectivity index (χ0v) is 14.3. The van der Waals surface area contributed by atoms with Crippen molar-refractivity contribution in [2.24, 2.45) is 0 Å². The Labute approximate surface area is 148 Å². The molecule has 2 aromatic carbocycles. The molecule has 0 aliphatic carbocycles. The number of hydrogen-bond donors (Lipinski definition) is 1. The summed E-state index contributed by atoms with van der Waals surface area (Å²) in [4.78, 5) is 16.8. The maximum absolute atomic E-state index is 12.7. The molecule has 1 N–H and O–H groups in total. The van der Waals surface area contributed by atoms with Crippen molar-refractivity contribution < 1.29 is 4.79 Å². The van der Waals surface area contributed by atoms with Gasteiger partial charge in [-0.25, -0.2) is 0 Å². The van der Waals surface area contributed by atoms with E-state index in [0.717, 1.165) is 16.7 Å². The molecule has 0 saturated carbocycles. The van der Waals surface area contributed by atoms with Crippen molar-refractivity contribution in [2.45, 2.75) is 25.3 Å². The Hall–Kier alpha value is -2.94. The molecule has 1 unspecified atom stereocenters. The SMILES string of the molecule is CC(NC(=O)CC(c1ccccc1)c1ccccc1)c1cccnc1. The molecule has 1 aromatic heterocycles. The van der Waals surface area contributed by atoms with E-state index in [1.807, 2.05) is 55.5 Å². The van der Waals surface area contributed by atoms with Crippen molar-refractivity contribution in [3.05, 3.63) is 102 Å². The van der Waals surface area contributed by atoms with E-state index in [9.17, 15) is 4.79 Å². The van der Waals surface area contributed by atoms with Crippen LogP contribution in [0.25, 0.3) is 0 Å². The second-order valence-electron chi connectivity index (χ2n) is 6.15. The second-order valence-corrected chi connectivity index (χ2v) is 6.15. The molecule has 1 heterocycles. The lowest BCUT2D eigenvalue weighted by Crippen LogP contribution is -2.28. The van der Waals surface area contributed by atoms with E-state index in [2.05, 4.69) is 34.6 Å². The Bertz CT molecular complexity index is 749. The van der Waals surface area contributed by atoms with Crippen molar-refractivity contribution in [2.75, 3.05) is 0 Å². The van der Waals surface area contributed by atoms with Crippen molar-refractivity contribution in [3.63, 3.8) is 0 Å². The molecule has 0 radical (unpaired) electrons. The van der Waals surface area contributed by atoms with Gasteiger partial charge in [0.25, 0.3) is 0 Å². The molecule has 3 rings (SSSR count). The molecule has 1 atom stereocenters. The van der Waals surface area contributed by atoms with Crippen LogP contribution in [0.5, 0.6) is 0 Å². The van der Waals surface area contributed by atoms with E-state index in [4.69, 9.17) is 0 Å². The minimum atomic E-state index is -0.0617. The topological polar surface area (TPSA) is 42.0 Å². The number of carbonyl (C=O) groups excluding carboxylic acids is 1. The van der Waals surface area contributed by atoms with Gasteiger partial charge in [-0.2, -0.15) is 0 Å². The van der Waals surface area contributed by atoms with Crippen LogP contribution in [0.15, 0.2) is 85.2 Å². The molecule has 1 amide bonds. The van der Waals surface area contributed by atoms with Gasteiger partial charge in [0, 0.05) is 24.7 Å². The predicted molar refractivity (Wildman–Crippen MR) is 100 cm³/mol. The summed E-state index contributed by atoms with van der Waals surface area (Å²) in [6.45, 7) is 1.98. The molecule has 0 bridgehead atoms. The quantitative estimate of drug-likeness (QED) is 0.724. The summed E-state index contributed by atoms with van der Waals surface area (Å²) in [5, 5.41) is 3.09. The van der Waals surface area contributed by atoms with E-state index in [-0.39, 0.29) is 17.9 Å². The molecular weight excluding hydrogens is 308 g/mol. The van der Waals surface area contributed by atoms with E-state index < -0.39 is 0 Å².